The van der Waals surface area contributed by atoms with Gasteiger partial charge in [-0.15, -0.1) is 0 Å². The Labute approximate surface area is 391 Å². The van der Waals surface area contributed by atoms with Crippen LogP contribution in [0.5, 0.6) is 0 Å². The molecule has 1 heterocycles. The van der Waals surface area contributed by atoms with Gasteiger partial charge in [0.05, 0.1) is 25.7 Å². The molecule has 0 aromatic heterocycles. The number of carbonyl (C=O) groups excluding carboxylic acids is 3. The normalized spacial score (nSPS) is 18.0. The Hall–Kier alpha value is -3.36. The third kappa shape index (κ3) is 24.8. The summed E-state index contributed by atoms with van der Waals surface area (Å²) in [7, 11) is -5.09. The molecule has 65 heavy (non-hydrogen) atoms. The molecule has 12 nitrogen and oxygen atoms in total. The SMILES string of the molecule is CCCCCCCCCCC[C@H](CC(=O)N[C@H]1CO[C@H](CO)[C@@H](OS(=O)(=O)O)[C@@H]1OC(=O)CCCCc1ccc(CCCCC)cc1)OC(=O)CCCCc1ccc(CCCCC)cc1. The Morgan fingerprint density at radius 3 is 1.52 bits per heavy atom. The maximum Gasteiger partial charge on any atom is 0.397 e. The number of hydrogen-bond acceptors (Lipinski definition) is 10. The van der Waals surface area contributed by atoms with Gasteiger partial charge in [-0.25, -0.2) is 4.18 Å². The summed E-state index contributed by atoms with van der Waals surface area (Å²) in [6.07, 6.45) is 19.1. The van der Waals surface area contributed by atoms with Gasteiger partial charge in [0.2, 0.25) is 5.91 Å². The summed E-state index contributed by atoms with van der Waals surface area (Å²) in [5.41, 5.74) is 5.04. The van der Waals surface area contributed by atoms with Gasteiger partial charge < -0.3 is 24.6 Å². The first-order valence-corrected chi connectivity index (χ1v) is 26.5. The van der Waals surface area contributed by atoms with Crippen LogP contribution in [0.25, 0.3) is 0 Å². The van der Waals surface area contributed by atoms with Crippen molar-refractivity contribution in [2.45, 2.75) is 225 Å². The molecule has 0 radical (unpaired) electrons. The minimum Gasteiger partial charge on any atom is -0.462 e. The Bertz CT molecular complexity index is 1700. The number of carbonyl (C=O) groups is 3. The van der Waals surface area contributed by atoms with Crippen LogP contribution in [0.1, 0.15) is 191 Å². The van der Waals surface area contributed by atoms with Crippen LogP contribution in [-0.4, -0.2) is 79.6 Å². The van der Waals surface area contributed by atoms with Crippen LogP contribution < -0.4 is 5.32 Å². The molecule has 1 aliphatic heterocycles. The first kappa shape index (κ1) is 56.0. The van der Waals surface area contributed by atoms with Gasteiger partial charge in [0.25, 0.3) is 0 Å². The lowest BCUT2D eigenvalue weighted by Gasteiger charge is -2.40. The number of amides is 1. The Kier molecular flexibility index (Phi) is 28.6. The van der Waals surface area contributed by atoms with Crippen molar-refractivity contribution in [1.82, 2.24) is 5.32 Å². The van der Waals surface area contributed by atoms with Crippen molar-refractivity contribution in [1.29, 1.82) is 0 Å². The van der Waals surface area contributed by atoms with Crippen LogP contribution in [0.2, 0.25) is 0 Å². The van der Waals surface area contributed by atoms with Gasteiger partial charge in [0, 0.05) is 12.8 Å². The Morgan fingerprint density at radius 1 is 0.631 bits per heavy atom. The highest BCUT2D eigenvalue weighted by atomic mass is 32.3. The summed E-state index contributed by atoms with van der Waals surface area (Å²) in [5.74, 6) is -1.54. The molecular formula is C52H83NO11S. The summed E-state index contributed by atoms with van der Waals surface area (Å²) < 4.78 is 55.9. The van der Waals surface area contributed by atoms with Crippen molar-refractivity contribution in [2.75, 3.05) is 13.2 Å². The van der Waals surface area contributed by atoms with E-state index in [2.05, 4.69) is 74.6 Å². The number of unbranched alkanes of at least 4 members (excludes halogenated alkanes) is 14. The van der Waals surface area contributed by atoms with Crippen LogP contribution in [0.3, 0.4) is 0 Å². The lowest BCUT2D eigenvalue weighted by atomic mass is 9.97. The smallest absolute Gasteiger partial charge is 0.397 e. The number of rotatable bonds is 36. The third-order valence-corrected chi connectivity index (χ3v) is 12.8. The van der Waals surface area contributed by atoms with E-state index in [0.717, 1.165) is 69.8 Å². The van der Waals surface area contributed by atoms with Crippen LogP contribution in [-0.2, 0) is 68.9 Å². The zero-order valence-corrected chi connectivity index (χ0v) is 40.8. The Balaban J connectivity index is 1.60. The Morgan fingerprint density at radius 2 is 1.06 bits per heavy atom. The molecule has 0 bridgehead atoms. The van der Waals surface area contributed by atoms with Crippen molar-refractivity contribution >= 4 is 28.2 Å². The summed E-state index contributed by atoms with van der Waals surface area (Å²) in [4.78, 5) is 40.2. The van der Waals surface area contributed by atoms with Crippen molar-refractivity contribution in [2.24, 2.45) is 0 Å². The molecule has 0 saturated carbocycles. The second-order valence-electron chi connectivity index (χ2n) is 18.1. The molecule has 1 aliphatic rings. The molecule has 368 valence electrons. The maximum atomic E-state index is 13.7. The highest BCUT2D eigenvalue weighted by Crippen LogP contribution is 2.25. The lowest BCUT2D eigenvalue weighted by molar-refractivity contribution is -0.186. The van der Waals surface area contributed by atoms with Crippen molar-refractivity contribution in [3.8, 4) is 0 Å². The van der Waals surface area contributed by atoms with Crippen LogP contribution in [0.15, 0.2) is 48.5 Å². The van der Waals surface area contributed by atoms with E-state index in [0.29, 0.717) is 25.7 Å². The number of aryl methyl sites for hydroxylation is 4. The predicted molar refractivity (Wildman–Crippen MR) is 256 cm³/mol. The zero-order valence-electron chi connectivity index (χ0n) is 40.0. The van der Waals surface area contributed by atoms with Gasteiger partial charge in [-0.1, -0.05) is 146 Å². The van der Waals surface area contributed by atoms with Gasteiger partial charge in [-0.3, -0.25) is 18.9 Å². The number of aliphatic hydroxyl groups excluding tert-OH is 1. The molecular weight excluding hydrogens is 847 g/mol. The first-order chi connectivity index (χ1) is 31.4. The summed E-state index contributed by atoms with van der Waals surface area (Å²) >= 11 is 0. The van der Waals surface area contributed by atoms with Gasteiger partial charge in [-0.05, 0) is 99.3 Å². The van der Waals surface area contributed by atoms with Gasteiger partial charge in [0.15, 0.2) is 6.10 Å². The predicted octanol–water partition coefficient (Wildman–Crippen LogP) is 10.5. The highest BCUT2D eigenvalue weighted by Gasteiger charge is 2.46. The van der Waals surface area contributed by atoms with Crippen LogP contribution in [0.4, 0.5) is 0 Å². The molecule has 0 unspecified atom stereocenters. The summed E-state index contributed by atoms with van der Waals surface area (Å²) in [6.45, 7) is 5.66. The topological polar surface area (TPSA) is 175 Å². The average Bonchev–Trinajstić information content (AvgIpc) is 3.28. The molecule has 5 atom stereocenters. The quantitative estimate of drug-likeness (QED) is 0.0337. The average molecular weight is 930 g/mol. The molecule has 13 heteroatoms. The summed E-state index contributed by atoms with van der Waals surface area (Å²) in [6, 6.07) is 16.1. The zero-order chi connectivity index (χ0) is 47.1. The van der Waals surface area contributed by atoms with Crippen LogP contribution >= 0.6 is 0 Å². The number of nitrogens with one attached hydrogen (secondary N) is 1. The highest BCUT2D eigenvalue weighted by molar-refractivity contribution is 7.80. The summed E-state index contributed by atoms with van der Waals surface area (Å²) in [5, 5.41) is 12.8. The van der Waals surface area contributed by atoms with E-state index in [1.807, 2.05) is 0 Å². The molecule has 0 spiro atoms. The second kappa shape index (κ2) is 33.2. The number of ether oxygens (including phenoxy) is 3. The fourth-order valence-electron chi connectivity index (χ4n) is 8.46. The molecule has 2 aromatic carbocycles. The van der Waals surface area contributed by atoms with Crippen molar-refractivity contribution < 1.29 is 50.9 Å². The van der Waals surface area contributed by atoms with E-state index in [4.69, 9.17) is 18.4 Å². The van der Waals surface area contributed by atoms with Crippen molar-refractivity contribution in [3.63, 3.8) is 0 Å². The number of esters is 2. The minimum absolute atomic E-state index is 0.0116. The van der Waals surface area contributed by atoms with E-state index in [-0.39, 0.29) is 31.8 Å². The third-order valence-electron chi connectivity index (χ3n) is 12.3. The van der Waals surface area contributed by atoms with E-state index in [9.17, 15) is 32.5 Å². The monoisotopic (exact) mass is 930 g/mol. The fourth-order valence-corrected chi connectivity index (χ4v) is 8.97. The molecule has 1 fully saturated rings. The number of benzene rings is 2. The van der Waals surface area contributed by atoms with Gasteiger partial charge in [0.1, 0.15) is 18.3 Å². The van der Waals surface area contributed by atoms with E-state index < -0.39 is 59.3 Å². The number of hydrogen-bond donors (Lipinski definition) is 3. The molecule has 3 N–H and O–H groups in total. The molecule has 1 amide bonds. The fraction of sp³-hybridized carbons (Fsp3) is 0.712. The standard InChI is InChI=1S/C52H83NO11S/c1-4-7-10-11-12-13-14-15-18-27-45(62-49(56)28-21-19-25-43-34-30-41(31-35-43)23-16-8-5-2)38-48(55)53-46-40-61-47(39-54)52(64-65(58,59)60)51(46)63-50(57)29-22-20-26-44-36-32-42(33-37-44)24-17-9-6-3/h30-37,45-47,51-52,54H,4-29,38-40H2,1-3H3,(H,53,55)(H,58,59,60)/t45-,46+,47-,51-,52-/m1/s1. The molecule has 2 aromatic rings. The van der Waals surface area contributed by atoms with E-state index in [1.165, 1.54) is 80.9 Å². The maximum absolute atomic E-state index is 13.7. The lowest BCUT2D eigenvalue weighted by Crippen LogP contribution is -2.62. The van der Waals surface area contributed by atoms with Crippen LogP contribution in [0, 0.1) is 0 Å². The van der Waals surface area contributed by atoms with Gasteiger partial charge in [-0.2, -0.15) is 8.42 Å². The van der Waals surface area contributed by atoms with Crippen molar-refractivity contribution in [3.05, 3.63) is 70.8 Å². The van der Waals surface area contributed by atoms with E-state index in [1.54, 1.807) is 0 Å². The minimum atomic E-state index is -5.09. The first-order valence-electron chi connectivity index (χ1n) is 25.2. The molecule has 3 rings (SSSR count). The largest absolute Gasteiger partial charge is 0.462 e. The van der Waals surface area contributed by atoms with Gasteiger partial charge >= 0.3 is 22.3 Å². The second-order valence-corrected chi connectivity index (χ2v) is 19.1. The number of aliphatic hydroxyl groups is 1. The molecule has 1 saturated heterocycles. The van der Waals surface area contributed by atoms with E-state index >= 15 is 0 Å². The molecule has 0 aliphatic carbocycles.